The topological polar surface area (TPSA) is 85.4 Å². The van der Waals surface area contributed by atoms with E-state index >= 15 is 0 Å². The summed E-state index contributed by atoms with van der Waals surface area (Å²) in [5.74, 6) is 1.44. The molecule has 144 valence electrons. The molecule has 1 aliphatic rings. The van der Waals surface area contributed by atoms with Crippen LogP contribution in [0, 0.1) is 13.8 Å². The molecule has 0 unspecified atom stereocenters. The van der Waals surface area contributed by atoms with Crippen LogP contribution >= 0.6 is 23.1 Å². The molecular formula is C19H18N4O3S2. The number of nitrogens with zero attached hydrogens (tertiary/aromatic N) is 2. The molecule has 1 aliphatic heterocycles. The van der Waals surface area contributed by atoms with E-state index in [1.165, 1.54) is 34.2 Å². The van der Waals surface area contributed by atoms with E-state index < -0.39 is 0 Å². The number of hydrogen-bond donors (Lipinski definition) is 2. The second kappa shape index (κ2) is 8.07. The zero-order chi connectivity index (χ0) is 19.5. The molecule has 0 saturated heterocycles. The smallest absolute Gasteiger partial charge is 0.234 e. The van der Waals surface area contributed by atoms with Crippen molar-refractivity contribution in [3.05, 3.63) is 47.5 Å². The SMILES string of the molecule is Cc1cccc(Nc2nnc(SCC(=O)Nc3ccc4c(c3)OCO4)s2)c1C. The summed E-state index contributed by atoms with van der Waals surface area (Å²) in [7, 11) is 0. The van der Waals surface area contributed by atoms with Crippen molar-refractivity contribution in [1.82, 2.24) is 10.2 Å². The fraction of sp³-hybridized carbons (Fsp3) is 0.211. The molecule has 1 aromatic heterocycles. The molecule has 0 fully saturated rings. The van der Waals surface area contributed by atoms with Crippen LogP contribution in [0.2, 0.25) is 0 Å². The first-order valence-electron chi connectivity index (χ1n) is 8.57. The van der Waals surface area contributed by atoms with Crippen molar-refractivity contribution in [3.63, 3.8) is 0 Å². The number of nitrogens with one attached hydrogen (secondary N) is 2. The van der Waals surface area contributed by atoms with Gasteiger partial charge in [0.1, 0.15) is 0 Å². The molecule has 1 amide bonds. The summed E-state index contributed by atoms with van der Waals surface area (Å²) in [5, 5.41) is 15.1. The normalized spacial score (nSPS) is 12.1. The van der Waals surface area contributed by atoms with E-state index in [2.05, 4.69) is 40.7 Å². The predicted molar refractivity (Wildman–Crippen MR) is 111 cm³/mol. The number of ether oxygens (including phenoxy) is 2. The molecule has 0 radical (unpaired) electrons. The van der Waals surface area contributed by atoms with Crippen molar-refractivity contribution in [3.8, 4) is 11.5 Å². The maximum atomic E-state index is 12.2. The van der Waals surface area contributed by atoms with Gasteiger partial charge in [0.2, 0.25) is 17.8 Å². The molecule has 2 aromatic carbocycles. The van der Waals surface area contributed by atoms with Gasteiger partial charge in [-0.1, -0.05) is 35.2 Å². The quantitative estimate of drug-likeness (QED) is 0.580. The number of carbonyl (C=O) groups is 1. The molecule has 9 heteroatoms. The van der Waals surface area contributed by atoms with Gasteiger partial charge in [0.15, 0.2) is 15.8 Å². The van der Waals surface area contributed by atoms with E-state index in [9.17, 15) is 4.79 Å². The average molecular weight is 415 g/mol. The van der Waals surface area contributed by atoms with E-state index in [0.717, 1.165) is 10.0 Å². The second-order valence-electron chi connectivity index (χ2n) is 6.15. The van der Waals surface area contributed by atoms with Crippen molar-refractivity contribution < 1.29 is 14.3 Å². The number of carbonyl (C=O) groups excluding carboxylic acids is 1. The Morgan fingerprint density at radius 3 is 2.93 bits per heavy atom. The number of benzene rings is 2. The molecule has 2 heterocycles. The van der Waals surface area contributed by atoms with Gasteiger partial charge in [0.05, 0.1) is 5.75 Å². The fourth-order valence-electron chi connectivity index (χ4n) is 2.62. The number of aromatic nitrogens is 2. The molecule has 3 aromatic rings. The largest absolute Gasteiger partial charge is 0.454 e. The standard InChI is InChI=1S/C19H18N4O3S2/c1-11-4-3-5-14(12(11)2)21-18-22-23-19(28-18)27-9-17(24)20-13-6-7-15-16(8-13)26-10-25-15/h3-8H,9-10H2,1-2H3,(H,20,24)(H,21,22). The third-order valence-electron chi connectivity index (χ3n) is 4.24. The van der Waals surface area contributed by atoms with Crippen LogP contribution < -0.4 is 20.1 Å². The molecule has 0 saturated carbocycles. The van der Waals surface area contributed by atoms with Gasteiger partial charge in [-0.15, -0.1) is 10.2 Å². The van der Waals surface area contributed by atoms with Gasteiger partial charge in [-0.2, -0.15) is 0 Å². The number of aryl methyl sites for hydroxylation is 1. The zero-order valence-electron chi connectivity index (χ0n) is 15.3. The van der Waals surface area contributed by atoms with Crippen LogP contribution in [-0.4, -0.2) is 28.7 Å². The minimum Gasteiger partial charge on any atom is -0.454 e. The molecule has 28 heavy (non-hydrogen) atoms. The molecule has 0 bridgehead atoms. The number of anilines is 3. The summed E-state index contributed by atoms with van der Waals surface area (Å²) >= 11 is 2.77. The highest BCUT2D eigenvalue weighted by molar-refractivity contribution is 8.01. The lowest BCUT2D eigenvalue weighted by molar-refractivity contribution is -0.113. The number of fused-ring (bicyclic) bond motifs is 1. The number of amides is 1. The minimum absolute atomic E-state index is 0.122. The average Bonchev–Trinajstić information content (AvgIpc) is 3.32. The van der Waals surface area contributed by atoms with Crippen LogP contribution in [0.5, 0.6) is 11.5 Å². The van der Waals surface area contributed by atoms with Gasteiger partial charge in [-0.3, -0.25) is 4.79 Å². The lowest BCUT2D eigenvalue weighted by atomic mass is 10.1. The lowest BCUT2D eigenvalue weighted by Gasteiger charge is -2.08. The number of hydrogen-bond acceptors (Lipinski definition) is 8. The highest BCUT2D eigenvalue weighted by atomic mass is 32.2. The Kier molecular flexibility index (Phi) is 5.36. The van der Waals surface area contributed by atoms with Crippen molar-refractivity contribution in [1.29, 1.82) is 0 Å². The van der Waals surface area contributed by atoms with Gasteiger partial charge in [-0.25, -0.2) is 0 Å². The first kappa shape index (κ1) is 18.6. The van der Waals surface area contributed by atoms with Crippen LogP contribution in [0.1, 0.15) is 11.1 Å². The van der Waals surface area contributed by atoms with Gasteiger partial charge < -0.3 is 20.1 Å². The van der Waals surface area contributed by atoms with Gasteiger partial charge in [-0.05, 0) is 43.2 Å². The van der Waals surface area contributed by atoms with Gasteiger partial charge in [0.25, 0.3) is 0 Å². The Morgan fingerprint density at radius 2 is 2.04 bits per heavy atom. The Bertz CT molecular complexity index is 1020. The van der Waals surface area contributed by atoms with E-state index in [1.807, 2.05) is 12.1 Å². The number of rotatable bonds is 6. The van der Waals surface area contributed by atoms with E-state index in [4.69, 9.17) is 9.47 Å². The van der Waals surface area contributed by atoms with Crippen LogP contribution in [0.25, 0.3) is 0 Å². The molecule has 0 aliphatic carbocycles. The monoisotopic (exact) mass is 414 g/mol. The first-order valence-corrected chi connectivity index (χ1v) is 10.4. The summed E-state index contributed by atoms with van der Waals surface area (Å²) in [5.41, 5.74) is 4.07. The van der Waals surface area contributed by atoms with Crippen LogP contribution in [0.4, 0.5) is 16.5 Å². The molecule has 2 N–H and O–H groups in total. The van der Waals surface area contributed by atoms with Crippen molar-refractivity contribution in [2.24, 2.45) is 0 Å². The minimum atomic E-state index is -0.122. The lowest BCUT2D eigenvalue weighted by Crippen LogP contribution is -2.13. The summed E-state index contributed by atoms with van der Waals surface area (Å²) in [6, 6.07) is 11.4. The summed E-state index contributed by atoms with van der Waals surface area (Å²) in [4.78, 5) is 12.2. The molecule has 4 rings (SSSR count). The zero-order valence-corrected chi connectivity index (χ0v) is 16.9. The maximum Gasteiger partial charge on any atom is 0.234 e. The molecule has 0 atom stereocenters. The maximum absolute atomic E-state index is 12.2. The van der Waals surface area contributed by atoms with Crippen molar-refractivity contribution >= 4 is 45.5 Å². The Hall–Kier alpha value is -2.78. The highest BCUT2D eigenvalue weighted by Gasteiger charge is 2.15. The fourth-order valence-corrected chi connectivity index (χ4v) is 4.18. The molecular weight excluding hydrogens is 396 g/mol. The third kappa shape index (κ3) is 4.20. The van der Waals surface area contributed by atoms with Crippen LogP contribution in [-0.2, 0) is 4.79 Å². The molecule has 7 nitrogen and oxygen atoms in total. The van der Waals surface area contributed by atoms with Crippen LogP contribution in [0.15, 0.2) is 40.7 Å². The van der Waals surface area contributed by atoms with Gasteiger partial charge >= 0.3 is 0 Å². The van der Waals surface area contributed by atoms with E-state index in [1.54, 1.807) is 18.2 Å². The summed E-state index contributed by atoms with van der Waals surface area (Å²) in [6.45, 7) is 4.34. The van der Waals surface area contributed by atoms with Crippen molar-refractivity contribution in [2.45, 2.75) is 18.2 Å². The summed E-state index contributed by atoms with van der Waals surface area (Å²) in [6.07, 6.45) is 0. The van der Waals surface area contributed by atoms with Crippen LogP contribution in [0.3, 0.4) is 0 Å². The number of thioether (sulfide) groups is 1. The molecule has 0 spiro atoms. The first-order chi connectivity index (χ1) is 13.6. The van der Waals surface area contributed by atoms with E-state index in [-0.39, 0.29) is 18.5 Å². The Morgan fingerprint density at radius 1 is 1.18 bits per heavy atom. The second-order valence-corrected chi connectivity index (χ2v) is 8.35. The van der Waals surface area contributed by atoms with Gasteiger partial charge in [0, 0.05) is 17.4 Å². The third-order valence-corrected chi connectivity index (χ3v) is 6.21. The van der Waals surface area contributed by atoms with Crippen molar-refractivity contribution in [2.75, 3.05) is 23.2 Å². The van der Waals surface area contributed by atoms with E-state index in [0.29, 0.717) is 22.3 Å². The Balaban J connectivity index is 1.31. The predicted octanol–water partition coefficient (Wildman–Crippen LogP) is 4.36. The highest BCUT2D eigenvalue weighted by Crippen LogP contribution is 2.34. The Labute approximate surface area is 170 Å². The summed E-state index contributed by atoms with van der Waals surface area (Å²) < 4.78 is 11.3.